The van der Waals surface area contributed by atoms with Crippen LogP contribution in [0.2, 0.25) is 0 Å². The first-order valence-corrected chi connectivity index (χ1v) is 9.73. The van der Waals surface area contributed by atoms with Gasteiger partial charge in [0.1, 0.15) is 12.0 Å². The van der Waals surface area contributed by atoms with Crippen molar-refractivity contribution in [2.24, 2.45) is 5.92 Å². The van der Waals surface area contributed by atoms with Crippen LogP contribution in [0.1, 0.15) is 17.5 Å². The predicted octanol–water partition coefficient (Wildman–Crippen LogP) is 4.89. The zero-order valence-electron chi connectivity index (χ0n) is 15.1. The maximum absolute atomic E-state index is 14.7. The summed E-state index contributed by atoms with van der Waals surface area (Å²) >= 11 is 1.32. The second-order valence-corrected chi connectivity index (χ2v) is 8.18. The Balaban J connectivity index is 1.58. The molecular weight excluding hydrogens is 382 g/mol. The molecule has 2 aromatic carbocycles. The van der Waals surface area contributed by atoms with Crippen molar-refractivity contribution in [1.29, 1.82) is 0 Å². The van der Waals surface area contributed by atoms with Gasteiger partial charge < -0.3 is 5.32 Å². The Morgan fingerprint density at radius 3 is 2.86 bits per heavy atom. The number of carbonyl (C=O) groups excluding carboxylic acids is 1. The number of benzene rings is 2. The molecule has 2 aromatic heterocycles. The molecule has 0 unspecified atom stereocenters. The van der Waals surface area contributed by atoms with Crippen molar-refractivity contribution in [1.82, 2.24) is 15.2 Å². The van der Waals surface area contributed by atoms with Gasteiger partial charge in [0.05, 0.1) is 27.8 Å². The van der Waals surface area contributed by atoms with Gasteiger partial charge in [0.25, 0.3) is 0 Å². The van der Waals surface area contributed by atoms with Crippen LogP contribution in [-0.2, 0) is 4.79 Å². The summed E-state index contributed by atoms with van der Waals surface area (Å²) in [6.07, 6.45) is 0.938. The number of thiazole rings is 1. The molecule has 1 aliphatic rings. The zero-order valence-corrected chi connectivity index (χ0v) is 16.0. The van der Waals surface area contributed by atoms with Crippen molar-refractivity contribution >= 4 is 43.5 Å². The van der Waals surface area contributed by atoms with Gasteiger partial charge in [-0.25, -0.2) is 13.8 Å². The molecule has 1 saturated carbocycles. The maximum atomic E-state index is 14.7. The van der Waals surface area contributed by atoms with Crippen LogP contribution in [0.3, 0.4) is 0 Å². The number of fused-ring (bicyclic) bond motifs is 2. The number of alkyl halides is 1. The Bertz CT molecular complexity index is 1260. The summed E-state index contributed by atoms with van der Waals surface area (Å²) in [4.78, 5) is 16.3. The molecule has 0 bridgehead atoms. The van der Waals surface area contributed by atoms with Gasteiger partial charge in [-0.1, -0.05) is 17.4 Å². The molecule has 1 aliphatic carbocycles. The number of hydrogen-bond donors (Lipinski definition) is 2. The van der Waals surface area contributed by atoms with Crippen molar-refractivity contribution < 1.29 is 13.6 Å². The van der Waals surface area contributed by atoms with Crippen LogP contribution in [0.25, 0.3) is 32.2 Å². The zero-order chi connectivity index (χ0) is 19.6. The molecule has 0 radical (unpaired) electrons. The number of amides is 1. The van der Waals surface area contributed by atoms with Crippen molar-refractivity contribution in [3.8, 4) is 11.1 Å². The van der Waals surface area contributed by atoms with Crippen LogP contribution in [-0.4, -0.2) is 27.3 Å². The van der Waals surface area contributed by atoms with E-state index in [2.05, 4.69) is 20.5 Å². The summed E-state index contributed by atoms with van der Waals surface area (Å²) in [6, 6.07) is 5.66. The van der Waals surface area contributed by atoms with Crippen molar-refractivity contribution in [3.05, 3.63) is 41.3 Å². The fraction of sp³-hybridized carbons (Fsp3) is 0.250. The first-order chi connectivity index (χ1) is 13.4. The molecular formula is C20H16F2N4OS. The lowest BCUT2D eigenvalue weighted by Crippen LogP contribution is -2.14. The van der Waals surface area contributed by atoms with E-state index < -0.39 is 12.1 Å². The van der Waals surface area contributed by atoms with Crippen LogP contribution in [0.4, 0.5) is 13.9 Å². The van der Waals surface area contributed by atoms with E-state index in [9.17, 15) is 13.6 Å². The number of anilines is 1. The summed E-state index contributed by atoms with van der Waals surface area (Å²) in [5.41, 5.74) is 4.15. The second kappa shape index (κ2) is 6.07. The number of halogens is 2. The highest BCUT2D eigenvalue weighted by Crippen LogP contribution is 2.39. The van der Waals surface area contributed by atoms with Gasteiger partial charge >= 0.3 is 0 Å². The molecule has 28 heavy (non-hydrogen) atoms. The fourth-order valence-electron chi connectivity index (χ4n) is 3.60. The van der Waals surface area contributed by atoms with Crippen LogP contribution < -0.4 is 5.32 Å². The summed E-state index contributed by atoms with van der Waals surface area (Å²) in [5.74, 6) is -1.15. The molecule has 2 atom stereocenters. The average molecular weight is 398 g/mol. The number of hydrogen-bond acceptors (Lipinski definition) is 4. The Kier molecular flexibility index (Phi) is 3.74. The molecule has 1 amide bonds. The molecule has 0 spiro atoms. The summed E-state index contributed by atoms with van der Waals surface area (Å²) < 4.78 is 28.6. The van der Waals surface area contributed by atoms with Crippen LogP contribution in [0.15, 0.2) is 24.4 Å². The van der Waals surface area contributed by atoms with E-state index in [-0.39, 0.29) is 18.1 Å². The van der Waals surface area contributed by atoms with Crippen molar-refractivity contribution in [2.45, 2.75) is 26.4 Å². The summed E-state index contributed by atoms with van der Waals surface area (Å²) in [7, 11) is 0. The molecule has 142 valence electrons. The average Bonchev–Trinajstić information content (AvgIpc) is 3.06. The number of carbonyl (C=O) groups is 1. The minimum atomic E-state index is -1.04. The van der Waals surface area contributed by atoms with Gasteiger partial charge in [-0.2, -0.15) is 5.10 Å². The lowest BCUT2D eigenvalue weighted by Gasteiger charge is -2.11. The molecule has 0 aliphatic heterocycles. The van der Waals surface area contributed by atoms with Gasteiger partial charge in [0.2, 0.25) is 5.91 Å². The third kappa shape index (κ3) is 2.59. The van der Waals surface area contributed by atoms with Crippen molar-refractivity contribution in [3.63, 3.8) is 0 Å². The van der Waals surface area contributed by atoms with E-state index in [1.165, 1.54) is 11.3 Å². The van der Waals surface area contributed by atoms with Crippen LogP contribution >= 0.6 is 11.3 Å². The SMILES string of the molecule is Cc1c(F)c(C)c2[nH]ncc2c1-c1ccc2nc(NC(=O)[C@@H]3C[C@@H]3F)sc2c1. The minimum Gasteiger partial charge on any atom is -0.302 e. The molecule has 4 aromatic rings. The normalized spacial score (nSPS) is 18.7. The highest BCUT2D eigenvalue weighted by molar-refractivity contribution is 7.22. The first-order valence-electron chi connectivity index (χ1n) is 8.91. The van der Waals surface area contributed by atoms with E-state index >= 15 is 0 Å². The number of aromatic amines is 1. The first kappa shape index (κ1) is 17.2. The molecule has 2 heterocycles. The Hall–Kier alpha value is -2.87. The second-order valence-electron chi connectivity index (χ2n) is 7.15. The van der Waals surface area contributed by atoms with E-state index in [1.54, 1.807) is 20.0 Å². The number of aromatic nitrogens is 3. The van der Waals surface area contributed by atoms with Crippen molar-refractivity contribution in [2.75, 3.05) is 5.32 Å². The Morgan fingerprint density at radius 2 is 2.11 bits per heavy atom. The summed E-state index contributed by atoms with van der Waals surface area (Å²) in [5, 5.41) is 10.9. The lowest BCUT2D eigenvalue weighted by atomic mass is 9.94. The topological polar surface area (TPSA) is 70.7 Å². The number of aryl methyl sites for hydroxylation is 1. The standard InChI is InChI=1S/C20H16F2N4OS/c1-8-16(12-7-23-26-18(12)9(2)17(8)22)10-3-4-14-15(5-10)28-20(24-14)25-19(27)11-6-13(11)21/h3-5,7,11,13H,6H2,1-2H3,(H,23,26)(H,24,25,27)/t11-,13+/m1/s1. The van der Waals surface area contributed by atoms with E-state index in [4.69, 9.17) is 0 Å². The van der Waals surface area contributed by atoms with Gasteiger partial charge in [0, 0.05) is 10.9 Å². The van der Waals surface area contributed by atoms with Gasteiger partial charge in [-0.3, -0.25) is 9.89 Å². The van der Waals surface area contributed by atoms with Gasteiger partial charge in [-0.05, 0) is 49.1 Å². The fourth-order valence-corrected chi connectivity index (χ4v) is 4.51. The quantitative estimate of drug-likeness (QED) is 0.516. The Labute approximate surface area is 162 Å². The smallest absolute Gasteiger partial charge is 0.232 e. The molecule has 5 rings (SSSR count). The lowest BCUT2D eigenvalue weighted by molar-refractivity contribution is -0.117. The van der Waals surface area contributed by atoms with E-state index in [0.717, 1.165) is 26.7 Å². The predicted molar refractivity (Wildman–Crippen MR) is 106 cm³/mol. The monoisotopic (exact) mass is 398 g/mol. The number of nitrogens with zero attached hydrogens (tertiary/aromatic N) is 2. The van der Waals surface area contributed by atoms with Gasteiger partial charge in [-0.15, -0.1) is 0 Å². The molecule has 2 N–H and O–H groups in total. The molecule has 1 fully saturated rings. The highest BCUT2D eigenvalue weighted by Gasteiger charge is 2.43. The molecule has 5 nitrogen and oxygen atoms in total. The van der Waals surface area contributed by atoms with E-state index in [1.807, 2.05) is 18.2 Å². The third-order valence-corrected chi connectivity index (χ3v) is 6.21. The van der Waals surface area contributed by atoms with Gasteiger partial charge in [0.15, 0.2) is 5.13 Å². The molecule has 8 heteroatoms. The Morgan fingerprint density at radius 1 is 1.32 bits per heavy atom. The molecule has 0 saturated heterocycles. The number of rotatable bonds is 3. The number of H-pyrrole nitrogens is 1. The summed E-state index contributed by atoms with van der Waals surface area (Å²) in [6.45, 7) is 3.49. The van der Waals surface area contributed by atoms with Crippen LogP contribution in [0.5, 0.6) is 0 Å². The van der Waals surface area contributed by atoms with Crippen LogP contribution in [0, 0.1) is 25.6 Å². The third-order valence-electron chi connectivity index (χ3n) is 5.27. The maximum Gasteiger partial charge on any atom is 0.232 e. The largest absolute Gasteiger partial charge is 0.302 e. The van der Waals surface area contributed by atoms with E-state index in [0.29, 0.717) is 21.8 Å². The highest BCUT2D eigenvalue weighted by atomic mass is 32.1. The minimum absolute atomic E-state index is 0.255. The number of nitrogens with one attached hydrogen (secondary N) is 2.